The van der Waals surface area contributed by atoms with Gasteiger partial charge in [-0.2, -0.15) is 0 Å². The molecule has 0 atom stereocenters. The van der Waals surface area contributed by atoms with Gasteiger partial charge in [-0.05, 0) is 12.1 Å². The zero-order valence-electron chi connectivity index (χ0n) is 10.5. The first-order valence-corrected chi connectivity index (χ1v) is 8.89. The van der Waals surface area contributed by atoms with Crippen LogP contribution in [-0.4, -0.2) is 46.8 Å². The summed E-state index contributed by atoms with van der Waals surface area (Å²) in [7, 11) is -5.80. The van der Waals surface area contributed by atoms with Gasteiger partial charge in [0.25, 0.3) is 0 Å². The van der Waals surface area contributed by atoms with Crippen LogP contribution in [0.4, 0.5) is 5.69 Å². The number of sulfone groups is 1. The van der Waals surface area contributed by atoms with E-state index in [0.29, 0.717) is 5.75 Å². The van der Waals surface area contributed by atoms with Gasteiger partial charge in [-0.25, -0.2) is 16.8 Å². The number of nitrogens with one attached hydrogen (secondary N) is 1. The van der Waals surface area contributed by atoms with Crippen LogP contribution in [0.3, 0.4) is 0 Å². The summed E-state index contributed by atoms with van der Waals surface area (Å²) in [5, 5.41) is 9.59. The largest absolute Gasteiger partial charge is 0.506 e. The molecule has 1 aromatic rings. The quantitative estimate of drug-likeness (QED) is 0.726. The molecule has 19 heavy (non-hydrogen) atoms. The monoisotopic (exact) mass is 309 g/mol. The number of anilines is 1. The third-order valence-electron chi connectivity index (χ3n) is 2.19. The lowest BCUT2D eigenvalue weighted by Crippen LogP contribution is -2.22. The summed E-state index contributed by atoms with van der Waals surface area (Å²) in [5.41, 5.74) is -0.0331. The summed E-state index contributed by atoms with van der Waals surface area (Å²) in [6.07, 6.45) is 0.952. The number of rotatable bonds is 6. The van der Waals surface area contributed by atoms with Crippen LogP contribution in [0.25, 0.3) is 0 Å². The van der Waals surface area contributed by atoms with E-state index in [4.69, 9.17) is 4.74 Å². The van der Waals surface area contributed by atoms with Gasteiger partial charge in [0.1, 0.15) is 21.3 Å². The molecule has 1 aromatic carbocycles. The Kier molecular flexibility index (Phi) is 4.64. The molecular formula is C10H15NO6S2. The number of phenolic OH excluding ortho intramolecular Hbond substituents is 1. The average Bonchev–Trinajstić information content (AvgIpc) is 2.28. The van der Waals surface area contributed by atoms with Crippen molar-refractivity contribution in [2.24, 2.45) is 0 Å². The lowest BCUT2D eigenvalue weighted by atomic mass is 10.3. The van der Waals surface area contributed by atoms with E-state index in [1.165, 1.54) is 25.3 Å². The second-order valence-corrected chi connectivity index (χ2v) is 8.04. The van der Waals surface area contributed by atoms with Crippen LogP contribution >= 0.6 is 0 Å². The van der Waals surface area contributed by atoms with Gasteiger partial charge >= 0.3 is 0 Å². The molecule has 108 valence electrons. The average molecular weight is 309 g/mol. The third kappa shape index (κ3) is 5.35. The first kappa shape index (κ1) is 15.6. The van der Waals surface area contributed by atoms with Crippen molar-refractivity contribution in [2.45, 2.75) is 0 Å². The molecule has 0 aromatic heterocycles. The fourth-order valence-corrected chi connectivity index (χ4v) is 3.90. The molecule has 9 heteroatoms. The maximum Gasteiger partial charge on any atom is 0.233 e. The van der Waals surface area contributed by atoms with Crippen molar-refractivity contribution >= 4 is 25.5 Å². The molecule has 0 aliphatic rings. The highest BCUT2D eigenvalue weighted by molar-refractivity contribution is 7.95. The molecule has 0 unspecified atom stereocenters. The second kappa shape index (κ2) is 5.66. The van der Waals surface area contributed by atoms with Crippen molar-refractivity contribution in [2.75, 3.05) is 29.6 Å². The van der Waals surface area contributed by atoms with E-state index in [-0.39, 0.29) is 11.4 Å². The third-order valence-corrected chi connectivity index (χ3v) is 4.67. The van der Waals surface area contributed by atoms with Crippen molar-refractivity contribution in [1.29, 1.82) is 0 Å². The Morgan fingerprint density at radius 2 is 1.84 bits per heavy atom. The molecule has 2 N–H and O–H groups in total. The van der Waals surface area contributed by atoms with Gasteiger partial charge in [0.05, 0.1) is 24.3 Å². The summed E-state index contributed by atoms with van der Waals surface area (Å²) >= 11 is 0. The Morgan fingerprint density at radius 1 is 1.21 bits per heavy atom. The highest BCUT2D eigenvalue weighted by Gasteiger charge is 2.16. The maximum absolute atomic E-state index is 11.6. The number of hydrogen-bond donors (Lipinski definition) is 2. The standard InChI is InChI=1S/C10H15NO6S2/c1-17-8-3-4-9(10(12)7-8)11-19(15,16)6-5-18(2,13)14/h3-4,7,11-12H,5-6H2,1-2H3. The summed E-state index contributed by atoms with van der Waals surface area (Å²) in [5.74, 6) is -0.991. The molecule has 0 fully saturated rings. The van der Waals surface area contributed by atoms with E-state index in [2.05, 4.69) is 4.72 Å². The van der Waals surface area contributed by atoms with Crippen molar-refractivity contribution in [3.8, 4) is 11.5 Å². The van der Waals surface area contributed by atoms with Crippen molar-refractivity contribution in [3.05, 3.63) is 18.2 Å². The Labute approximate surface area is 112 Å². The van der Waals surface area contributed by atoms with Crippen LogP contribution in [0.2, 0.25) is 0 Å². The summed E-state index contributed by atoms with van der Waals surface area (Å²) in [6, 6.07) is 4.04. The molecule has 0 radical (unpaired) electrons. The molecule has 0 saturated carbocycles. The van der Waals surface area contributed by atoms with E-state index < -0.39 is 31.4 Å². The molecule has 1 rings (SSSR count). The Morgan fingerprint density at radius 3 is 2.32 bits per heavy atom. The number of phenols is 1. The molecular weight excluding hydrogens is 294 g/mol. The first-order valence-electron chi connectivity index (χ1n) is 5.18. The molecule has 0 amide bonds. The van der Waals surface area contributed by atoms with E-state index in [1.807, 2.05) is 0 Å². The van der Waals surface area contributed by atoms with Gasteiger partial charge in [0, 0.05) is 12.3 Å². The molecule has 0 aliphatic carbocycles. The number of methoxy groups -OCH3 is 1. The molecule has 0 heterocycles. The molecule has 0 spiro atoms. The number of hydrogen-bond acceptors (Lipinski definition) is 6. The van der Waals surface area contributed by atoms with Crippen LogP contribution in [0, 0.1) is 0 Å². The van der Waals surface area contributed by atoms with E-state index in [0.717, 1.165) is 6.26 Å². The predicted octanol–water partition coefficient (Wildman–Crippen LogP) is 0.187. The zero-order chi connectivity index (χ0) is 14.7. The van der Waals surface area contributed by atoms with Crippen molar-refractivity contribution < 1.29 is 26.7 Å². The SMILES string of the molecule is COc1ccc(NS(=O)(=O)CCS(C)(=O)=O)c(O)c1. The minimum absolute atomic E-state index is 0.0331. The molecule has 0 saturated heterocycles. The van der Waals surface area contributed by atoms with E-state index >= 15 is 0 Å². The van der Waals surface area contributed by atoms with E-state index in [1.54, 1.807) is 0 Å². The number of ether oxygens (including phenoxy) is 1. The van der Waals surface area contributed by atoms with Crippen LogP contribution in [-0.2, 0) is 19.9 Å². The molecule has 0 bridgehead atoms. The highest BCUT2D eigenvalue weighted by atomic mass is 32.2. The minimum Gasteiger partial charge on any atom is -0.506 e. The van der Waals surface area contributed by atoms with Gasteiger partial charge in [-0.1, -0.05) is 0 Å². The van der Waals surface area contributed by atoms with Crippen molar-refractivity contribution in [3.63, 3.8) is 0 Å². The summed E-state index contributed by atoms with van der Waals surface area (Å²) in [6.45, 7) is 0. The Bertz CT molecular complexity index is 651. The topological polar surface area (TPSA) is 110 Å². The fourth-order valence-electron chi connectivity index (χ4n) is 1.20. The smallest absolute Gasteiger partial charge is 0.233 e. The van der Waals surface area contributed by atoms with Gasteiger partial charge in [-0.15, -0.1) is 0 Å². The van der Waals surface area contributed by atoms with Gasteiger partial charge in [0.2, 0.25) is 10.0 Å². The zero-order valence-corrected chi connectivity index (χ0v) is 12.1. The van der Waals surface area contributed by atoms with Crippen LogP contribution in [0.1, 0.15) is 0 Å². The number of benzene rings is 1. The van der Waals surface area contributed by atoms with Gasteiger partial charge in [-0.3, -0.25) is 4.72 Å². The Hall–Kier alpha value is -1.48. The number of aromatic hydroxyl groups is 1. The lowest BCUT2D eigenvalue weighted by Gasteiger charge is -2.10. The minimum atomic E-state index is -3.84. The highest BCUT2D eigenvalue weighted by Crippen LogP contribution is 2.28. The normalized spacial score (nSPS) is 12.1. The van der Waals surface area contributed by atoms with Crippen LogP contribution < -0.4 is 9.46 Å². The predicted molar refractivity (Wildman–Crippen MR) is 71.8 cm³/mol. The molecule has 0 aliphatic heterocycles. The van der Waals surface area contributed by atoms with Crippen LogP contribution in [0.15, 0.2) is 18.2 Å². The summed E-state index contributed by atoms with van der Waals surface area (Å²) < 4.78 is 52.1. The first-order chi connectivity index (χ1) is 8.63. The molecule has 7 nitrogen and oxygen atoms in total. The van der Waals surface area contributed by atoms with Crippen molar-refractivity contribution in [1.82, 2.24) is 0 Å². The van der Waals surface area contributed by atoms with Crippen LogP contribution in [0.5, 0.6) is 11.5 Å². The van der Waals surface area contributed by atoms with E-state index in [9.17, 15) is 21.9 Å². The van der Waals surface area contributed by atoms with Gasteiger partial charge in [0.15, 0.2) is 0 Å². The Balaban J connectivity index is 2.84. The van der Waals surface area contributed by atoms with Gasteiger partial charge < -0.3 is 9.84 Å². The maximum atomic E-state index is 11.6. The summed E-state index contributed by atoms with van der Waals surface area (Å²) in [4.78, 5) is 0. The lowest BCUT2D eigenvalue weighted by molar-refractivity contribution is 0.408. The second-order valence-electron chi connectivity index (χ2n) is 3.93. The fraction of sp³-hybridized carbons (Fsp3) is 0.400. The number of sulfonamides is 1.